The molecule has 0 saturated carbocycles. The summed E-state index contributed by atoms with van der Waals surface area (Å²) in [5.74, 6) is 2.14. The van der Waals surface area contributed by atoms with Crippen LogP contribution >= 0.6 is 11.3 Å². The van der Waals surface area contributed by atoms with Gasteiger partial charge in [-0.3, -0.25) is 0 Å². The van der Waals surface area contributed by atoms with Crippen LogP contribution in [0.25, 0.3) is 10.2 Å². The molecular weight excluding hydrogens is 272 g/mol. The van der Waals surface area contributed by atoms with E-state index in [1.165, 1.54) is 0 Å². The molecule has 0 saturated heterocycles. The first-order valence-electron chi connectivity index (χ1n) is 6.15. The van der Waals surface area contributed by atoms with Crippen LogP contribution < -0.4 is 15.4 Å². The molecule has 102 valence electrons. The van der Waals surface area contributed by atoms with Crippen molar-refractivity contribution in [1.82, 2.24) is 9.97 Å². The van der Waals surface area contributed by atoms with Crippen LogP contribution in [-0.2, 0) is 0 Å². The van der Waals surface area contributed by atoms with Crippen molar-refractivity contribution in [1.29, 1.82) is 0 Å². The molecule has 0 aliphatic carbocycles. The molecule has 20 heavy (non-hydrogen) atoms. The van der Waals surface area contributed by atoms with Crippen molar-refractivity contribution in [2.45, 2.75) is 0 Å². The van der Waals surface area contributed by atoms with Crippen LogP contribution in [0.1, 0.15) is 0 Å². The topological polar surface area (TPSA) is 59.1 Å². The van der Waals surface area contributed by atoms with Crippen molar-refractivity contribution in [3.63, 3.8) is 0 Å². The number of ether oxygens (including phenoxy) is 1. The van der Waals surface area contributed by atoms with E-state index in [4.69, 9.17) is 4.74 Å². The predicted octanol–water partition coefficient (Wildman–Crippen LogP) is 3.49. The van der Waals surface area contributed by atoms with Crippen molar-refractivity contribution in [2.24, 2.45) is 0 Å². The Morgan fingerprint density at radius 2 is 2.00 bits per heavy atom. The Labute approximate surface area is 120 Å². The van der Waals surface area contributed by atoms with Crippen molar-refractivity contribution < 1.29 is 4.74 Å². The van der Waals surface area contributed by atoms with Gasteiger partial charge in [0.1, 0.15) is 16.4 Å². The molecule has 0 aliphatic rings. The Morgan fingerprint density at radius 1 is 1.15 bits per heavy atom. The molecule has 0 atom stereocenters. The van der Waals surface area contributed by atoms with Gasteiger partial charge < -0.3 is 15.4 Å². The number of rotatable bonds is 4. The second-order valence-electron chi connectivity index (χ2n) is 4.11. The highest BCUT2D eigenvalue weighted by atomic mass is 32.1. The maximum absolute atomic E-state index is 5.35. The fraction of sp³-hybridized carbons (Fsp3) is 0.143. The summed E-state index contributed by atoms with van der Waals surface area (Å²) in [7, 11) is 3.46. The molecule has 1 aromatic carbocycles. The van der Waals surface area contributed by atoms with Crippen molar-refractivity contribution in [3.8, 4) is 5.75 Å². The molecular formula is C14H14N4OS. The number of aromatic nitrogens is 2. The van der Waals surface area contributed by atoms with Crippen molar-refractivity contribution in [3.05, 3.63) is 35.7 Å². The van der Waals surface area contributed by atoms with Gasteiger partial charge in [0.25, 0.3) is 0 Å². The van der Waals surface area contributed by atoms with E-state index in [2.05, 4.69) is 20.6 Å². The van der Waals surface area contributed by atoms with Crippen LogP contribution in [-0.4, -0.2) is 24.1 Å². The summed E-state index contributed by atoms with van der Waals surface area (Å²) in [4.78, 5) is 9.85. The molecule has 0 radical (unpaired) electrons. The first kappa shape index (κ1) is 12.7. The van der Waals surface area contributed by atoms with Crippen LogP contribution in [0.4, 0.5) is 17.5 Å². The van der Waals surface area contributed by atoms with E-state index in [1.807, 2.05) is 42.8 Å². The average molecular weight is 286 g/mol. The zero-order chi connectivity index (χ0) is 13.9. The zero-order valence-electron chi connectivity index (χ0n) is 11.2. The fourth-order valence-electron chi connectivity index (χ4n) is 1.94. The molecule has 0 bridgehead atoms. The Kier molecular flexibility index (Phi) is 3.39. The lowest BCUT2D eigenvalue weighted by Gasteiger charge is -2.11. The van der Waals surface area contributed by atoms with Gasteiger partial charge in [0.05, 0.1) is 18.2 Å². The van der Waals surface area contributed by atoms with Gasteiger partial charge in [0, 0.05) is 7.05 Å². The van der Waals surface area contributed by atoms with E-state index in [0.29, 0.717) is 5.95 Å². The largest absolute Gasteiger partial charge is 0.495 e. The number of anilines is 3. The van der Waals surface area contributed by atoms with Gasteiger partial charge in [-0.1, -0.05) is 12.1 Å². The predicted molar refractivity (Wildman–Crippen MR) is 83.2 cm³/mol. The van der Waals surface area contributed by atoms with Gasteiger partial charge in [-0.05, 0) is 23.6 Å². The van der Waals surface area contributed by atoms with E-state index in [9.17, 15) is 0 Å². The molecule has 3 aromatic rings. The van der Waals surface area contributed by atoms with Gasteiger partial charge in [-0.25, -0.2) is 4.98 Å². The number of thiophene rings is 1. The maximum Gasteiger partial charge on any atom is 0.225 e. The number of hydrogen-bond acceptors (Lipinski definition) is 6. The third-order valence-corrected chi connectivity index (χ3v) is 3.72. The number of nitrogens with one attached hydrogen (secondary N) is 2. The molecule has 6 heteroatoms. The van der Waals surface area contributed by atoms with Gasteiger partial charge in [-0.2, -0.15) is 4.98 Å². The van der Waals surface area contributed by atoms with E-state index < -0.39 is 0 Å². The van der Waals surface area contributed by atoms with Gasteiger partial charge in [-0.15, -0.1) is 11.3 Å². The summed E-state index contributed by atoms with van der Waals surface area (Å²) in [5.41, 5.74) is 0.878. The number of methoxy groups -OCH3 is 1. The monoisotopic (exact) mass is 286 g/mol. The van der Waals surface area contributed by atoms with Crippen LogP contribution in [0.5, 0.6) is 5.75 Å². The van der Waals surface area contributed by atoms with Gasteiger partial charge in [0.2, 0.25) is 5.95 Å². The summed E-state index contributed by atoms with van der Waals surface area (Å²) in [6, 6.07) is 9.77. The average Bonchev–Trinajstić information content (AvgIpc) is 2.96. The third-order valence-electron chi connectivity index (χ3n) is 2.91. The lowest BCUT2D eigenvalue weighted by Crippen LogP contribution is -2.01. The van der Waals surface area contributed by atoms with Crippen molar-refractivity contribution >= 4 is 39.0 Å². The molecule has 3 rings (SSSR count). The Morgan fingerprint density at radius 3 is 2.80 bits per heavy atom. The lowest BCUT2D eigenvalue weighted by molar-refractivity contribution is 0.417. The minimum absolute atomic E-state index is 0.595. The number of nitrogens with zero attached hydrogens (tertiary/aromatic N) is 2. The Hall–Kier alpha value is -2.34. The van der Waals surface area contributed by atoms with E-state index in [-0.39, 0.29) is 0 Å². The molecule has 2 heterocycles. The number of fused-ring (bicyclic) bond motifs is 1. The SMILES string of the molecule is CNc1nc(Nc2ccccc2OC)c2ccsc2n1. The molecule has 0 unspecified atom stereocenters. The quantitative estimate of drug-likeness (QED) is 0.769. The maximum atomic E-state index is 5.35. The summed E-state index contributed by atoms with van der Waals surface area (Å²) in [5, 5.41) is 9.30. The number of hydrogen-bond donors (Lipinski definition) is 2. The van der Waals surface area contributed by atoms with Crippen LogP contribution in [0.15, 0.2) is 35.7 Å². The lowest BCUT2D eigenvalue weighted by atomic mass is 10.3. The van der Waals surface area contributed by atoms with Gasteiger partial charge >= 0.3 is 0 Å². The fourth-order valence-corrected chi connectivity index (χ4v) is 2.70. The molecule has 2 aromatic heterocycles. The zero-order valence-corrected chi connectivity index (χ0v) is 12.0. The van der Waals surface area contributed by atoms with Gasteiger partial charge in [0.15, 0.2) is 0 Å². The molecule has 0 fully saturated rings. The van der Waals surface area contributed by atoms with E-state index >= 15 is 0 Å². The standard InChI is InChI=1S/C14H14N4OS/c1-15-14-17-12(9-7-8-20-13(9)18-14)16-10-5-3-4-6-11(10)19-2/h3-8H,1-2H3,(H2,15,16,17,18). The molecule has 0 aliphatic heterocycles. The molecule has 0 spiro atoms. The number of para-hydroxylation sites is 2. The second kappa shape index (κ2) is 5.34. The summed E-state index contributed by atoms with van der Waals surface area (Å²) >= 11 is 1.59. The normalized spacial score (nSPS) is 10.5. The number of benzene rings is 1. The summed E-state index contributed by atoms with van der Waals surface area (Å²) < 4.78 is 5.35. The second-order valence-corrected chi connectivity index (χ2v) is 5.01. The van der Waals surface area contributed by atoms with E-state index in [0.717, 1.165) is 27.5 Å². The highest BCUT2D eigenvalue weighted by Gasteiger charge is 2.10. The van der Waals surface area contributed by atoms with Crippen LogP contribution in [0.2, 0.25) is 0 Å². The van der Waals surface area contributed by atoms with Crippen molar-refractivity contribution in [2.75, 3.05) is 24.8 Å². The highest BCUT2D eigenvalue weighted by Crippen LogP contribution is 2.32. The third kappa shape index (κ3) is 2.25. The van der Waals surface area contributed by atoms with Crippen LogP contribution in [0.3, 0.4) is 0 Å². The van der Waals surface area contributed by atoms with Crippen LogP contribution in [0, 0.1) is 0 Å². The Balaban J connectivity index is 2.07. The first-order valence-corrected chi connectivity index (χ1v) is 7.03. The summed E-state index contributed by atoms with van der Waals surface area (Å²) in [6.07, 6.45) is 0. The summed E-state index contributed by atoms with van der Waals surface area (Å²) in [6.45, 7) is 0. The molecule has 2 N–H and O–H groups in total. The first-order chi connectivity index (χ1) is 9.81. The minimum Gasteiger partial charge on any atom is -0.495 e. The minimum atomic E-state index is 0.595. The molecule has 0 amide bonds. The highest BCUT2D eigenvalue weighted by molar-refractivity contribution is 7.16. The molecule has 5 nitrogen and oxygen atoms in total. The smallest absolute Gasteiger partial charge is 0.225 e. The Bertz CT molecular complexity index is 741. The van der Waals surface area contributed by atoms with E-state index in [1.54, 1.807) is 18.4 Å².